The zero-order valence-electron chi connectivity index (χ0n) is 104. The minimum Gasteiger partial charge on any atom is -0.455 e. The van der Waals surface area contributed by atoms with E-state index in [4.69, 9.17) is 14.3 Å². The van der Waals surface area contributed by atoms with Gasteiger partial charge in [-0.05, 0) is 205 Å². The minimum absolute atomic E-state index is 0.0400. The van der Waals surface area contributed by atoms with Gasteiger partial charge in [-0.25, -0.2) is 0 Å². The number of benzene rings is 22. The van der Waals surface area contributed by atoms with Crippen LogP contribution < -0.4 is 26.2 Å². The molecule has 0 unspecified atom stereocenters. The van der Waals surface area contributed by atoms with Crippen molar-refractivity contribution < 1.29 is 50.0 Å². The molecule has 2 aliphatic rings. The zero-order chi connectivity index (χ0) is 118. The molecule has 2 aliphatic heterocycles. The molecule has 0 saturated heterocycles. The van der Waals surface area contributed by atoms with Gasteiger partial charge in [0.1, 0.15) is 22.3 Å². The van der Waals surface area contributed by atoms with Gasteiger partial charge < -0.3 is 36.9 Å². The van der Waals surface area contributed by atoms with Crippen LogP contribution in [0, 0.1) is 0 Å². The second kappa shape index (κ2) is 30.9. The van der Waals surface area contributed by atoms with Gasteiger partial charge in [0.15, 0.2) is 0 Å². The lowest BCUT2D eigenvalue weighted by atomic mass is 9.33. The second-order valence-corrected chi connectivity index (χ2v) is 35.3. The Hall–Kier alpha value is -18.7. The molecule has 0 N–H and O–H groups in total. The number of aromatic nitrogens is 4. The predicted octanol–water partition coefficient (Wildman–Crippen LogP) is 33.6. The van der Waals surface area contributed by atoms with E-state index in [1.165, 1.54) is 9.13 Å². The molecule has 0 saturated carbocycles. The lowest BCUT2D eigenvalue weighted by molar-refractivity contribution is 0.669. The number of furan rings is 2. The van der Waals surface area contributed by atoms with Crippen molar-refractivity contribution in [1.82, 2.24) is 18.3 Å². The molecule has 8 nitrogen and oxygen atoms in total. The van der Waals surface area contributed by atoms with Gasteiger partial charge in [-0.2, -0.15) is 0 Å². The number of rotatable bonds is 13. The molecule has 654 valence electrons. The number of hydrogen-bond acceptors (Lipinski definition) is 4. The summed E-state index contributed by atoms with van der Waals surface area (Å²) in [6, 6.07) is 77.2. The topological polar surface area (TPSA) is 52.5 Å². The van der Waals surface area contributed by atoms with E-state index >= 15 is 0 Å². The van der Waals surface area contributed by atoms with E-state index < -0.39 is 243 Å². The molecule has 6 aromatic heterocycles. The Morgan fingerprint density at radius 1 is 0.206 bits per heavy atom. The Morgan fingerprint density at radius 3 is 0.851 bits per heavy atom. The maximum atomic E-state index is 11.0. The number of para-hydroxylation sites is 8. The largest absolute Gasteiger partial charge is 0.455 e. The molecular formula is C132H81BN6O2. The summed E-state index contributed by atoms with van der Waals surface area (Å²) in [5.41, 5.74) is 11.6. The number of nitrogens with zero attached hydrogens (tertiary/aromatic N) is 6. The Kier molecular flexibility index (Phi) is 12.0. The lowest BCUT2D eigenvalue weighted by Crippen LogP contribution is -2.61. The maximum absolute atomic E-state index is 11.0. The van der Waals surface area contributed by atoms with Crippen molar-refractivity contribution >= 4 is 188 Å². The average Bonchev–Trinajstić information content (AvgIpc) is 1.51. The molecule has 141 heavy (non-hydrogen) atoms. The average molecular weight is 1820 g/mol. The molecular weight excluding hydrogens is 1710 g/mol. The highest BCUT2D eigenvalue weighted by Crippen LogP contribution is 2.59. The van der Waals surface area contributed by atoms with Crippen molar-refractivity contribution in [3.63, 3.8) is 0 Å². The third kappa shape index (κ3) is 11.9. The summed E-state index contributed by atoms with van der Waals surface area (Å²) in [7, 11) is 0. The van der Waals surface area contributed by atoms with Crippen LogP contribution in [0.15, 0.2) is 499 Å². The normalized spacial score (nSPS) is 15.5. The van der Waals surface area contributed by atoms with Crippen molar-refractivity contribution in [2.75, 3.05) is 9.80 Å². The first-order valence-corrected chi connectivity index (χ1v) is 46.1. The van der Waals surface area contributed by atoms with Crippen molar-refractivity contribution in [3.05, 3.63) is 491 Å². The third-order valence-electron chi connectivity index (χ3n) is 27.9. The lowest BCUT2D eigenvalue weighted by Gasteiger charge is -2.45. The molecule has 22 aromatic carbocycles. The van der Waals surface area contributed by atoms with Crippen LogP contribution in [0.5, 0.6) is 0 Å². The van der Waals surface area contributed by atoms with Crippen LogP contribution in [-0.2, 0) is 0 Å². The fraction of sp³-hybridized carbons (Fsp3) is 0. The van der Waals surface area contributed by atoms with Crippen LogP contribution in [0.2, 0.25) is 0 Å². The van der Waals surface area contributed by atoms with Gasteiger partial charge in [-0.15, -0.1) is 0 Å². The molecule has 0 fully saturated rings. The molecule has 30 rings (SSSR count). The van der Waals surface area contributed by atoms with Gasteiger partial charge in [-0.3, -0.25) is 0 Å². The first kappa shape index (κ1) is 54.7. The number of fused-ring (bicyclic) bond motifs is 22. The minimum atomic E-state index is -1.14. The van der Waals surface area contributed by atoms with Crippen molar-refractivity contribution in [3.8, 4) is 101 Å². The van der Waals surface area contributed by atoms with Crippen LogP contribution in [0.4, 0.5) is 34.1 Å². The summed E-state index contributed by atoms with van der Waals surface area (Å²) in [6.07, 6.45) is 0. The summed E-state index contributed by atoms with van der Waals surface area (Å²) >= 11 is 0. The fourth-order valence-electron chi connectivity index (χ4n) is 21.8. The van der Waals surface area contributed by atoms with Crippen molar-refractivity contribution in [1.29, 1.82) is 0 Å². The van der Waals surface area contributed by atoms with Crippen LogP contribution in [0.1, 0.15) is 41.1 Å². The summed E-state index contributed by atoms with van der Waals surface area (Å²) in [6.45, 7) is -1.14. The van der Waals surface area contributed by atoms with Gasteiger partial charge in [0.25, 0.3) is 6.71 Å². The monoisotopic (exact) mass is 1820 g/mol. The van der Waals surface area contributed by atoms with Gasteiger partial charge in [-0.1, -0.05) is 357 Å². The highest BCUT2D eigenvalue weighted by Gasteiger charge is 2.47. The van der Waals surface area contributed by atoms with Gasteiger partial charge in [0.05, 0.1) is 107 Å². The molecule has 0 amide bonds. The first-order valence-electron chi connectivity index (χ1n) is 61.1. The van der Waals surface area contributed by atoms with E-state index in [9.17, 15) is 35.6 Å². The van der Waals surface area contributed by atoms with E-state index in [0.717, 1.165) is 42.5 Å². The Bertz CT molecular complexity index is 11300. The van der Waals surface area contributed by atoms with Crippen LogP contribution in [0.3, 0.4) is 0 Å². The Balaban J connectivity index is 0.792. The Morgan fingerprint density at radius 2 is 0.489 bits per heavy atom. The summed E-state index contributed by atoms with van der Waals surface area (Å²) < 4.78 is 316. The predicted molar refractivity (Wildman–Crippen MR) is 590 cm³/mol. The molecule has 0 aliphatic carbocycles. The van der Waals surface area contributed by atoms with E-state index in [1.54, 1.807) is 12.1 Å². The molecule has 0 spiro atoms. The summed E-state index contributed by atoms with van der Waals surface area (Å²) in [5, 5.41) is -0.725. The van der Waals surface area contributed by atoms with Crippen LogP contribution >= 0.6 is 0 Å². The molecule has 9 heteroatoms. The zero-order valence-corrected chi connectivity index (χ0v) is 74.0. The third-order valence-corrected chi connectivity index (χ3v) is 27.9. The summed E-state index contributed by atoms with van der Waals surface area (Å²) in [4.78, 5) is 4.36. The SMILES string of the molecule is [2H]c1c([2H])c([2H])c2c(c1[2H])c1c([2H])c(-n3c4c([2H])c([2H])c([2H])c([2H])c4c4c([2H])c([2H])c([2H])c([2H])c43)c([2H])c([2H])c1n2-c1ccc2c(c1)N(c1c(-c3ccc(-c4ccccc4)cc3)cc(-c3ccccc3)c3oc4ccccc4c13)c1cc(-c3ccccc3)cc3c1B2c1ccc(-n2c4c([2H])c([2H])c([2H])c([2H])c4c4c([2H])c(-n5c6c([2H])c([2H])c([2H])c([2H])c6c6c([2H])c([2H])c([2H])c([2H])c65)c([2H])c([2H])c42)cc1N3c1c(-c2ccc(-c3ccccc3)cc2)cc(-c2ccccc2)c2oc3ccccc3c12. The smallest absolute Gasteiger partial charge is 0.252 e. The summed E-state index contributed by atoms with van der Waals surface area (Å²) in [5.74, 6) is 0. The molecule has 28 aromatic rings. The van der Waals surface area contributed by atoms with E-state index in [1.807, 2.05) is 224 Å². The maximum Gasteiger partial charge on any atom is 0.252 e. The molecule has 0 radical (unpaired) electrons. The number of hydrogen-bond donors (Lipinski definition) is 0. The first-order chi connectivity index (χ1) is 82.5. The van der Waals surface area contributed by atoms with Crippen LogP contribution in [0.25, 0.3) is 232 Å². The van der Waals surface area contributed by atoms with Gasteiger partial charge in [0, 0.05) is 122 Å². The van der Waals surface area contributed by atoms with Crippen molar-refractivity contribution in [2.45, 2.75) is 0 Å². The van der Waals surface area contributed by atoms with Crippen LogP contribution in [-0.4, -0.2) is 25.0 Å². The molecule has 0 atom stereocenters. The fourth-order valence-corrected chi connectivity index (χ4v) is 21.8. The highest BCUT2D eigenvalue weighted by molar-refractivity contribution is 7.00. The van der Waals surface area contributed by atoms with E-state index in [-0.39, 0.29) is 55.0 Å². The van der Waals surface area contributed by atoms with Gasteiger partial charge >= 0.3 is 0 Å². The highest BCUT2D eigenvalue weighted by atomic mass is 16.3. The number of anilines is 6. The van der Waals surface area contributed by atoms with Crippen molar-refractivity contribution in [2.24, 2.45) is 0 Å². The van der Waals surface area contributed by atoms with E-state index in [2.05, 4.69) is 82.6 Å². The Labute approximate surface area is 853 Å². The quantitative estimate of drug-likeness (QED) is 0.108. The van der Waals surface area contributed by atoms with E-state index in [0.29, 0.717) is 139 Å². The second-order valence-electron chi connectivity index (χ2n) is 35.3. The standard InChI is InChI=1S/C132H81BN6O2/c1-6-32-82(33-7-1)85-58-62-89(63-59-85)104-80-106(87-38-12-4-13-39-87)131-126(102-48-22-30-56-124(102)140-131)129(104)138-120-78-94(136-116-54-28-20-46-100(116)108-76-92(68-72-118(108)136)134-112-50-24-16-42-96(112)97-43-17-25-51-113(97)134)66-70-110(120)133-111-71-67-95(137-117-55-29-21-47-101(117)109-77-93(69-73-119(109)137)135-114-52-26-18-44-98(114)99-45-19-27-53-115(99)135)79-121(111)139(123-75-91(74-122(138)128(123)133)84-36-10-3-11-37-84)130-105(90-64-60-86(61-65-90)83-34-8-2-9-35-83)81-107(88-40-14-5-15-41-88)132-127(130)103-49-23-31-57-125(103)141-132/h1-81H/i16D,17D,18D,19D,20D,21D,24D,25D,26D,27D,28D,29D,42D,43D,44D,45D,46D,47D,50D,51D,52D,53D,54D,55D,68D,69D,72D,73D,76D,77D. The molecule has 8 heterocycles. The van der Waals surface area contributed by atoms with Gasteiger partial charge in [0.2, 0.25) is 0 Å². The molecule has 0 bridgehead atoms.